The van der Waals surface area contributed by atoms with Gasteiger partial charge in [-0.25, -0.2) is 15.0 Å². The van der Waals surface area contributed by atoms with E-state index in [-0.39, 0.29) is 0 Å². The average Bonchev–Trinajstić information content (AvgIpc) is 2.77. The molecule has 6 nitrogen and oxygen atoms in total. The van der Waals surface area contributed by atoms with E-state index in [9.17, 15) is 0 Å². The Balaban J connectivity index is 2.24. The first-order valence-electron chi connectivity index (χ1n) is 5.83. The van der Waals surface area contributed by atoms with Crippen LogP contribution in [-0.4, -0.2) is 32.5 Å². The molecule has 0 aliphatic rings. The van der Waals surface area contributed by atoms with Crippen molar-refractivity contribution in [1.29, 1.82) is 0 Å². The number of anilines is 1. The van der Waals surface area contributed by atoms with Gasteiger partial charge in [-0.15, -0.1) is 0 Å². The van der Waals surface area contributed by atoms with E-state index in [1.807, 2.05) is 0 Å². The van der Waals surface area contributed by atoms with Gasteiger partial charge in [-0.1, -0.05) is 13.8 Å². The Hall–Kier alpha value is -1.69. The van der Waals surface area contributed by atoms with Crippen LogP contribution in [0.5, 0.6) is 0 Å². The molecule has 0 aliphatic carbocycles. The molecule has 2 aromatic rings. The molecule has 0 fully saturated rings. The first kappa shape index (κ1) is 11.8. The Labute approximate surface area is 100 Å². The summed E-state index contributed by atoms with van der Waals surface area (Å²) in [7, 11) is 0. The lowest BCUT2D eigenvalue weighted by Crippen LogP contribution is -2.29. The summed E-state index contributed by atoms with van der Waals surface area (Å²) < 4.78 is 0. The van der Waals surface area contributed by atoms with Crippen LogP contribution in [0.25, 0.3) is 11.2 Å². The van der Waals surface area contributed by atoms with Crippen molar-refractivity contribution in [2.45, 2.75) is 26.3 Å². The molecule has 2 heterocycles. The number of rotatable bonds is 5. The van der Waals surface area contributed by atoms with Gasteiger partial charge >= 0.3 is 0 Å². The second-order valence-corrected chi connectivity index (χ2v) is 4.40. The lowest BCUT2D eigenvalue weighted by molar-refractivity contribution is 0.498. The first-order valence-corrected chi connectivity index (χ1v) is 5.83. The van der Waals surface area contributed by atoms with Gasteiger partial charge in [0.2, 0.25) is 0 Å². The Bertz CT molecular complexity index is 478. The predicted molar refractivity (Wildman–Crippen MR) is 67.6 cm³/mol. The molecule has 2 rings (SSSR count). The van der Waals surface area contributed by atoms with Crippen molar-refractivity contribution >= 4 is 17.0 Å². The van der Waals surface area contributed by atoms with Gasteiger partial charge in [0, 0.05) is 6.04 Å². The van der Waals surface area contributed by atoms with Crippen LogP contribution >= 0.6 is 0 Å². The molecule has 17 heavy (non-hydrogen) atoms. The van der Waals surface area contributed by atoms with Crippen molar-refractivity contribution in [3.63, 3.8) is 0 Å². The lowest BCUT2D eigenvalue weighted by Gasteiger charge is -2.22. The summed E-state index contributed by atoms with van der Waals surface area (Å²) in [5, 5.41) is 3.41. The molecule has 0 saturated heterocycles. The van der Waals surface area contributed by atoms with Gasteiger partial charge in [0.25, 0.3) is 0 Å². The minimum atomic E-state index is 0.307. The first-order chi connectivity index (χ1) is 8.22. The highest BCUT2D eigenvalue weighted by molar-refractivity contribution is 5.82. The van der Waals surface area contributed by atoms with E-state index in [2.05, 4.69) is 39.1 Å². The van der Waals surface area contributed by atoms with E-state index in [1.165, 1.54) is 6.33 Å². The van der Waals surface area contributed by atoms with Crippen molar-refractivity contribution < 1.29 is 0 Å². The van der Waals surface area contributed by atoms with Crippen LogP contribution in [0, 0.1) is 5.92 Å². The highest BCUT2D eigenvalue weighted by atomic mass is 15.1. The molecule has 4 N–H and O–H groups in total. The minimum Gasteiger partial charge on any atom is -0.365 e. The maximum absolute atomic E-state index is 5.62. The molecule has 0 bridgehead atoms. The topological polar surface area (TPSA) is 92.5 Å². The third-order valence-electron chi connectivity index (χ3n) is 2.83. The molecule has 0 aliphatic heterocycles. The van der Waals surface area contributed by atoms with Gasteiger partial charge in [-0.05, 0) is 18.9 Å². The fourth-order valence-electron chi connectivity index (χ4n) is 1.80. The number of aromatic amines is 1. The number of hydrogen-bond donors (Lipinski definition) is 3. The smallest absolute Gasteiger partial charge is 0.182 e. The Kier molecular flexibility index (Phi) is 3.53. The zero-order chi connectivity index (χ0) is 12.3. The molecule has 0 radical (unpaired) electrons. The van der Waals surface area contributed by atoms with E-state index in [0.29, 0.717) is 24.2 Å². The quantitative estimate of drug-likeness (QED) is 0.721. The summed E-state index contributed by atoms with van der Waals surface area (Å²) in [6.45, 7) is 4.99. The Morgan fingerprint density at radius 2 is 2.18 bits per heavy atom. The second-order valence-electron chi connectivity index (χ2n) is 4.40. The number of H-pyrrole nitrogens is 1. The monoisotopic (exact) mass is 234 g/mol. The van der Waals surface area contributed by atoms with Crippen LogP contribution in [0.1, 0.15) is 20.3 Å². The van der Waals surface area contributed by atoms with Gasteiger partial charge in [-0.2, -0.15) is 0 Å². The van der Waals surface area contributed by atoms with Crippen molar-refractivity contribution in [1.82, 2.24) is 19.9 Å². The van der Waals surface area contributed by atoms with E-state index in [0.717, 1.165) is 17.8 Å². The minimum absolute atomic E-state index is 0.307. The van der Waals surface area contributed by atoms with Crippen molar-refractivity contribution in [2.75, 3.05) is 11.9 Å². The van der Waals surface area contributed by atoms with Crippen LogP contribution in [0.15, 0.2) is 12.7 Å². The van der Waals surface area contributed by atoms with Crippen molar-refractivity contribution in [2.24, 2.45) is 11.7 Å². The second kappa shape index (κ2) is 5.09. The largest absolute Gasteiger partial charge is 0.365 e. The van der Waals surface area contributed by atoms with Gasteiger partial charge in [-0.3, -0.25) is 0 Å². The third-order valence-corrected chi connectivity index (χ3v) is 2.83. The van der Waals surface area contributed by atoms with Crippen LogP contribution < -0.4 is 11.1 Å². The summed E-state index contributed by atoms with van der Waals surface area (Å²) in [4.78, 5) is 15.5. The number of nitrogens with one attached hydrogen (secondary N) is 2. The van der Waals surface area contributed by atoms with Crippen LogP contribution in [0.3, 0.4) is 0 Å². The molecule has 0 amide bonds. The van der Waals surface area contributed by atoms with Gasteiger partial charge in [0.15, 0.2) is 11.5 Å². The average molecular weight is 234 g/mol. The van der Waals surface area contributed by atoms with Gasteiger partial charge in [0.1, 0.15) is 11.8 Å². The fraction of sp³-hybridized carbons (Fsp3) is 0.545. The standard InChI is InChI=1S/C11H18N6/c1-7(2)8(3-4-12)17-11-9-10(14-5-13-9)15-6-16-11/h5-8H,3-4,12H2,1-2H3,(H2,13,14,15,16,17). The Morgan fingerprint density at radius 3 is 2.88 bits per heavy atom. The van der Waals surface area contributed by atoms with Crippen LogP contribution in [-0.2, 0) is 0 Å². The molecular weight excluding hydrogens is 216 g/mol. The Morgan fingerprint density at radius 1 is 1.35 bits per heavy atom. The highest BCUT2D eigenvalue weighted by Gasteiger charge is 2.15. The van der Waals surface area contributed by atoms with Gasteiger partial charge in [0.05, 0.1) is 6.33 Å². The normalized spacial score (nSPS) is 13.2. The number of nitrogens with zero attached hydrogens (tertiary/aromatic N) is 3. The lowest BCUT2D eigenvalue weighted by atomic mass is 10.0. The zero-order valence-corrected chi connectivity index (χ0v) is 10.1. The molecule has 2 aromatic heterocycles. The maximum Gasteiger partial charge on any atom is 0.182 e. The zero-order valence-electron chi connectivity index (χ0n) is 10.1. The highest BCUT2D eigenvalue weighted by Crippen LogP contribution is 2.18. The molecule has 0 aromatic carbocycles. The molecular formula is C11H18N6. The summed E-state index contributed by atoms with van der Waals surface area (Å²) in [6.07, 6.45) is 4.06. The third kappa shape index (κ3) is 2.52. The summed E-state index contributed by atoms with van der Waals surface area (Å²) >= 11 is 0. The van der Waals surface area contributed by atoms with E-state index < -0.39 is 0 Å². The summed E-state index contributed by atoms with van der Waals surface area (Å²) in [5.41, 5.74) is 7.14. The number of hydrogen-bond acceptors (Lipinski definition) is 5. The summed E-state index contributed by atoms with van der Waals surface area (Å²) in [6, 6.07) is 0.307. The van der Waals surface area contributed by atoms with Crippen molar-refractivity contribution in [3.8, 4) is 0 Å². The maximum atomic E-state index is 5.62. The number of imidazole rings is 1. The van der Waals surface area contributed by atoms with Crippen LogP contribution in [0.2, 0.25) is 0 Å². The molecule has 1 atom stereocenters. The van der Waals surface area contributed by atoms with E-state index in [1.54, 1.807) is 6.33 Å². The summed E-state index contributed by atoms with van der Waals surface area (Å²) in [5.74, 6) is 1.28. The molecule has 0 saturated carbocycles. The predicted octanol–water partition coefficient (Wildman–Crippen LogP) is 1.14. The molecule has 92 valence electrons. The van der Waals surface area contributed by atoms with E-state index in [4.69, 9.17) is 5.73 Å². The van der Waals surface area contributed by atoms with Gasteiger partial charge < -0.3 is 16.0 Å². The van der Waals surface area contributed by atoms with E-state index >= 15 is 0 Å². The van der Waals surface area contributed by atoms with Crippen LogP contribution in [0.4, 0.5) is 5.82 Å². The number of aromatic nitrogens is 4. The number of fused-ring (bicyclic) bond motifs is 1. The fourth-order valence-corrected chi connectivity index (χ4v) is 1.80. The SMILES string of the molecule is CC(C)C(CCN)Nc1ncnc2nc[nH]c12. The molecule has 6 heteroatoms. The number of nitrogens with two attached hydrogens (primary N) is 1. The molecule has 1 unspecified atom stereocenters. The molecule has 0 spiro atoms. The van der Waals surface area contributed by atoms with Crippen molar-refractivity contribution in [3.05, 3.63) is 12.7 Å².